The largest absolute Gasteiger partial charge is 0.496 e. The lowest BCUT2D eigenvalue weighted by Gasteiger charge is -2.20. The summed E-state index contributed by atoms with van der Waals surface area (Å²) in [5.74, 6) is -0.224. The number of carbonyl (C=O) groups is 2. The molecule has 8 heteroatoms. The van der Waals surface area contributed by atoms with Gasteiger partial charge in [0.25, 0.3) is 5.91 Å². The highest BCUT2D eigenvalue weighted by molar-refractivity contribution is 7.17. The van der Waals surface area contributed by atoms with Gasteiger partial charge in [0.05, 0.1) is 25.0 Å². The van der Waals surface area contributed by atoms with E-state index in [2.05, 4.69) is 4.98 Å². The van der Waals surface area contributed by atoms with Crippen LogP contribution in [0.2, 0.25) is 5.02 Å². The van der Waals surface area contributed by atoms with Crippen LogP contribution in [-0.2, 0) is 4.74 Å². The molecule has 0 N–H and O–H groups in total. The molecule has 1 fully saturated rings. The number of rotatable bonds is 6. The quantitative estimate of drug-likeness (QED) is 0.690. The number of hydrogen-bond donors (Lipinski definition) is 0. The molecule has 0 unspecified atom stereocenters. The number of anilines is 1. The summed E-state index contributed by atoms with van der Waals surface area (Å²) in [5, 5.41) is 0.987. The van der Waals surface area contributed by atoms with Gasteiger partial charge < -0.3 is 9.47 Å². The van der Waals surface area contributed by atoms with Crippen LogP contribution in [0, 0.1) is 6.92 Å². The first-order valence-electron chi connectivity index (χ1n) is 8.27. The molecular weight excluding hydrogens is 376 g/mol. The van der Waals surface area contributed by atoms with Gasteiger partial charge >= 0.3 is 5.97 Å². The Bertz CT molecular complexity index is 848. The van der Waals surface area contributed by atoms with Crippen LogP contribution in [0.25, 0.3) is 0 Å². The molecule has 0 bridgehead atoms. The second-order valence-electron chi connectivity index (χ2n) is 5.88. The average Bonchev–Trinajstić information content (AvgIpc) is 3.36. The van der Waals surface area contributed by atoms with Crippen LogP contribution >= 0.6 is 22.9 Å². The summed E-state index contributed by atoms with van der Waals surface area (Å²) in [6, 6.07) is 4.98. The van der Waals surface area contributed by atoms with Crippen molar-refractivity contribution in [2.24, 2.45) is 0 Å². The van der Waals surface area contributed by atoms with Crippen LogP contribution in [0.15, 0.2) is 18.2 Å². The Kier molecular flexibility index (Phi) is 5.48. The predicted octanol–water partition coefficient (Wildman–Crippen LogP) is 4.10. The van der Waals surface area contributed by atoms with Crippen molar-refractivity contribution in [1.82, 2.24) is 4.98 Å². The molecule has 3 rings (SSSR count). The van der Waals surface area contributed by atoms with Crippen molar-refractivity contribution in [3.05, 3.63) is 39.4 Å². The maximum Gasteiger partial charge on any atom is 0.350 e. The van der Waals surface area contributed by atoms with Crippen molar-refractivity contribution in [1.29, 1.82) is 0 Å². The Labute approximate surface area is 160 Å². The fourth-order valence-electron chi connectivity index (χ4n) is 2.58. The first-order chi connectivity index (χ1) is 12.5. The predicted molar refractivity (Wildman–Crippen MR) is 101 cm³/mol. The van der Waals surface area contributed by atoms with E-state index in [4.69, 9.17) is 21.1 Å². The van der Waals surface area contributed by atoms with Gasteiger partial charge in [-0.05, 0) is 44.9 Å². The van der Waals surface area contributed by atoms with Crippen molar-refractivity contribution in [3.63, 3.8) is 0 Å². The Morgan fingerprint density at radius 1 is 1.38 bits per heavy atom. The standard InChI is InChI=1S/C18H19ClN2O4S/c1-4-25-17(23)15-10(2)20-18(26-15)21(12-6-7-12)16(22)13-8-5-11(19)9-14(13)24-3/h5,8-9,12H,4,6-7H2,1-3H3. The van der Waals surface area contributed by atoms with Crippen LogP contribution in [0.3, 0.4) is 0 Å². The van der Waals surface area contributed by atoms with Crippen LogP contribution in [-0.4, -0.2) is 36.6 Å². The van der Waals surface area contributed by atoms with Gasteiger partial charge in [-0.2, -0.15) is 0 Å². The van der Waals surface area contributed by atoms with E-state index < -0.39 is 5.97 Å². The lowest BCUT2D eigenvalue weighted by Crippen LogP contribution is -2.33. The number of esters is 1. The molecule has 1 saturated carbocycles. The lowest BCUT2D eigenvalue weighted by atomic mass is 10.1. The number of hydrogen-bond acceptors (Lipinski definition) is 6. The fraction of sp³-hybridized carbons (Fsp3) is 0.389. The number of ether oxygens (including phenoxy) is 2. The van der Waals surface area contributed by atoms with Crippen LogP contribution in [0.1, 0.15) is 45.5 Å². The maximum absolute atomic E-state index is 13.2. The zero-order valence-electron chi connectivity index (χ0n) is 14.7. The molecule has 1 aliphatic rings. The molecule has 1 aliphatic carbocycles. The number of methoxy groups -OCH3 is 1. The molecule has 0 saturated heterocycles. The molecular formula is C18H19ClN2O4S. The first kappa shape index (κ1) is 18.7. The number of halogens is 1. The summed E-state index contributed by atoms with van der Waals surface area (Å²) in [7, 11) is 1.50. The first-order valence-corrected chi connectivity index (χ1v) is 9.47. The van der Waals surface area contributed by atoms with E-state index in [1.165, 1.54) is 18.4 Å². The molecule has 138 valence electrons. The van der Waals surface area contributed by atoms with E-state index in [1.54, 1.807) is 36.9 Å². The van der Waals surface area contributed by atoms with Gasteiger partial charge in [0.2, 0.25) is 0 Å². The number of aromatic nitrogens is 1. The highest BCUT2D eigenvalue weighted by Gasteiger charge is 2.38. The number of carbonyl (C=O) groups excluding carboxylic acids is 2. The number of thiazole rings is 1. The molecule has 0 atom stereocenters. The smallest absolute Gasteiger partial charge is 0.350 e. The number of nitrogens with zero attached hydrogens (tertiary/aromatic N) is 2. The molecule has 1 aromatic heterocycles. The molecule has 0 aliphatic heterocycles. The number of amides is 1. The maximum atomic E-state index is 13.2. The van der Waals surface area contributed by atoms with Crippen molar-refractivity contribution < 1.29 is 19.1 Å². The van der Waals surface area contributed by atoms with Crippen molar-refractivity contribution in [2.75, 3.05) is 18.6 Å². The Morgan fingerprint density at radius 3 is 2.73 bits per heavy atom. The molecule has 0 radical (unpaired) electrons. The summed E-state index contributed by atoms with van der Waals surface area (Å²) in [4.78, 5) is 31.8. The van der Waals surface area contributed by atoms with E-state index in [1.807, 2.05) is 0 Å². The minimum atomic E-state index is -0.416. The van der Waals surface area contributed by atoms with E-state index in [0.717, 1.165) is 12.8 Å². The van der Waals surface area contributed by atoms with E-state index in [9.17, 15) is 9.59 Å². The lowest BCUT2D eigenvalue weighted by molar-refractivity contribution is 0.0531. The summed E-state index contributed by atoms with van der Waals surface area (Å²) in [5.41, 5.74) is 0.972. The van der Waals surface area contributed by atoms with Crippen LogP contribution in [0.5, 0.6) is 5.75 Å². The monoisotopic (exact) mass is 394 g/mol. The van der Waals surface area contributed by atoms with Crippen LogP contribution < -0.4 is 9.64 Å². The third-order valence-corrected chi connectivity index (χ3v) is 5.35. The molecule has 2 aromatic rings. The molecule has 6 nitrogen and oxygen atoms in total. The van der Waals surface area contributed by atoms with Gasteiger partial charge in [0.15, 0.2) is 5.13 Å². The summed E-state index contributed by atoms with van der Waals surface area (Å²) >= 11 is 7.17. The van der Waals surface area contributed by atoms with E-state index in [0.29, 0.717) is 38.6 Å². The highest BCUT2D eigenvalue weighted by Crippen LogP contribution is 2.38. The molecule has 1 heterocycles. The third kappa shape index (κ3) is 3.68. The van der Waals surface area contributed by atoms with Gasteiger partial charge in [-0.25, -0.2) is 9.78 Å². The van der Waals surface area contributed by atoms with Gasteiger partial charge in [0, 0.05) is 11.1 Å². The fourth-order valence-corrected chi connectivity index (χ4v) is 3.78. The van der Waals surface area contributed by atoms with Gasteiger partial charge in [-0.3, -0.25) is 9.69 Å². The normalized spacial score (nSPS) is 13.4. The average molecular weight is 395 g/mol. The van der Waals surface area contributed by atoms with Crippen LogP contribution in [0.4, 0.5) is 5.13 Å². The molecule has 0 spiro atoms. The Balaban J connectivity index is 1.97. The number of aryl methyl sites for hydroxylation is 1. The Morgan fingerprint density at radius 2 is 2.12 bits per heavy atom. The van der Waals surface area contributed by atoms with Gasteiger partial charge in [0.1, 0.15) is 10.6 Å². The Hall–Kier alpha value is -2.12. The molecule has 1 aromatic carbocycles. The molecule has 26 heavy (non-hydrogen) atoms. The second kappa shape index (κ2) is 7.63. The topological polar surface area (TPSA) is 68.7 Å². The summed E-state index contributed by atoms with van der Waals surface area (Å²) in [6.45, 7) is 3.78. The zero-order valence-corrected chi connectivity index (χ0v) is 16.3. The van der Waals surface area contributed by atoms with Gasteiger partial charge in [-0.1, -0.05) is 22.9 Å². The van der Waals surface area contributed by atoms with Crippen molar-refractivity contribution in [2.45, 2.75) is 32.7 Å². The summed E-state index contributed by atoms with van der Waals surface area (Å²) in [6.07, 6.45) is 1.80. The second-order valence-corrected chi connectivity index (χ2v) is 7.30. The number of benzene rings is 1. The molecule has 1 amide bonds. The SMILES string of the molecule is CCOC(=O)c1sc(N(C(=O)c2ccc(Cl)cc2OC)C2CC2)nc1C. The van der Waals surface area contributed by atoms with Gasteiger partial charge in [-0.15, -0.1) is 0 Å². The van der Waals surface area contributed by atoms with E-state index in [-0.39, 0.29) is 11.9 Å². The zero-order chi connectivity index (χ0) is 18.8. The summed E-state index contributed by atoms with van der Waals surface area (Å²) < 4.78 is 10.4. The minimum absolute atomic E-state index is 0.0727. The van der Waals surface area contributed by atoms with Crippen molar-refractivity contribution in [3.8, 4) is 5.75 Å². The van der Waals surface area contributed by atoms with Crippen molar-refractivity contribution >= 4 is 39.9 Å². The highest BCUT2D eigenvalue weighted by atomic mass is 35.5. The van der Waals surface area contributed by atoms with E-state index >= 15 is 0 Å². The minimum Gasteiger partial charge on any atom is -0.496 e. The third-order valence-electron chi connectivity index (χ3n) is 3.98.